The summed E-state index contributed by atoms with van der Waals surface area (Å²) in [6.07, 6.45) is 2.31. The van der Waals surface area contributed by atoms with E-state index in [0.29, 0.717) is 0 Å². The first-order valence-electron chi connectivity index (χ1n) is 7.26. The van der Waals surface area contributed by atoms with Gasteiger partial charge in [-0.3, -0.25) is 0 Å². The Balaban J connectivity index is 2.01. The number of unbranched alkanes of at least 4 members (excludes halogenated alkanes) is 1. The molecule has 0 saturated carbocycles. The fraction of sp³-hybridized carbons (Fsp3) is 0.235. The second-order valence-corrected chi connectivity index (χ2v) is 6.07. The predicted octanol–water partition coefficient (Wildman–Crippen LogP) is 4.82. The first-order valence-corrected chi connectivity index (χ1v) is 8.08. The molecule has 4 heteroatoms. The van der Waals surface area contributed by atoms with Gasteiger partial charge in [0.2, 0.25) is 0 Å². The summed E-state index contributed by atoms with van der Waals surface area (Å²) in [5, 5.41) is 1.04. The number of nitrogens with two attached hydrogens (primary N) is 1. The number of anilines is 3. The van der Waals surface area contributed by atoms with Crippen molar-refractivity contribution in [3.63, 3.8) is 0 Å². The Hall–Kier alpha value is -2.07. The van der Waals surface area contributed by atoms with E-state index in [4.69, 9.17) is 10.7 Å². The zero-order valence-corrected chi connectivity index (χ0v) is 12.9. The molecule has 1 heterocycles. The fourth-order valence-corrected chi connectivity index (χ4v) is 3.36. The molecule has 3 rings (SSSR count). The largest absolute Gasteiger partial charge is 0.399 e. The third-order valence-electron chi connectivity index (χ3n) is 3.44. The average molecular weight is 297 g/mol. The highest BCUT2D eigenvalue weighted by molar-refractivity contribution is 7.22. The molecule has 0 atom stereocenters. The van der Waals surface area contributed by atoms with Crippen molar-refractivity contribution in [2.75, 3.05) is 17.2 Å². The molecule has 0 saturated heterocycles. The number of para-hydroxylation sites is 1. The Bertz CT molecular complexity index is 721. The van der Waals surface area contributed by atoms with E-state index in [2.05, 4.69) is 36.1 Å². The van der Waals surface area contributed by atoms with E-state index in [-0.39, 0.29) is 0 Å². The van der Waals surface area contributed by atoms with Crippen LogP contribution in [-0.2, 0) is 0 Å². The van der Waals surface area contributed by atoms with Gasteiger partial charge in [-0.1, -0.05) is 42.9 Å². The molecule has 0 radical (unpaired) electrons. The zero-order chi connectivity index (χ0) is 14.7. The molecule has 21 heavy (non-hydrogen) atoms. The van der Waals surface area contributed by atoms with Crippen LogP contribution in [0.4, 0.5) is 16.5 Å². The molecule has 0 spiro atoms. The number of rotatable bonds is 5. The lowest BCUT2D eigenvalue weighted by Gasteiger charge is -2.21. The fourth-order valence-electron chi connectivity index (χ4n) is 2.30. The van der Waals surface area contributed by atoms with Crippen LogP contribution in [0.3, 0.4) is 0 Å². The van der Waals surface area contributed by atoms with Crippen LogP contribution in [0.25, 0.3) is 10.2 Å². The highest BCUT2D eigenvalue weighted by Gasteiger charge is 2.13. The number of nitrogen functional groups attached to an aromatic ring is 1. The molecule has 0 unspecified atom stereocenters. The summed E-state index contributed by atoms with van der Waals surface area (Å²) < 4.78 is 1.14. The van der Waals surface area contributed by atoms with E-state index >= 15 is 0 Å². The van der Waals surface area contributed by atoms with Gasteiger partial charge in [0.1, 0.15) is 0 Å². The minimum absolute atomic E-state index is 0.789. The number of hydrogen-bond acceptors (Lipinski definition) is 4. The third kappa shape index (κ3) is 3.00. The molecule has 1 aromatic heterocycles. The molecule has 2 aromatic carbocycles. The van der Waals surface area contributed by atoms with Crippen LogP contribution in [0, 0.1) is 0 Å². The average Bonchev–Trinajstić information content (AvgIpc) is 2.91. The van der Waals surface area contributed by atoms with Gasteiger partial charge in [0.15, 0.2) is 5.13 Å². The standard InChI is InChI=1S/C17H19N3S/c1-2-3-11-20(14-7-5-4-6-8-14)17-19-15-10-9-13(18)12-16(15)21-17/h4-10,12H,2-3,11,18H2,1H3. The van der Waals surface area contributed by atoms with Gasteiger partial charge in [-0.2, -0.15) is 0 Å². The van der Waals surface area contributed by atoms with E-state index in [1.165, 1.54) is 12.1 Å². The van der Waals surface area contributed by atoms with Gasteiger partial charge in [0.25, 0.3) is 0 Å². The van der Waals surface area contributed by atoms with E-state index < -0.39 is 0 Å². The number of benzene rings is 2. The zero-order valence-electron chi connectivity index (χ0n) is 12.1. The number of nitrogens with zero attached hydrogens (tertiary/aromatic N) is 2. The molecule has 0 aliphatic rings. The molecule has 0 bridgehead atoms. The Labute approximate surface area is 129 Å². The predicted molar refractivity (Wildman–Crippen MR) is 92.4 cm³/mol. The molecule has 0 amide bonds. The first-order chi connectivity index (χ1) is 10.3. The minimum atomic E-state index is 0.789. The van der Waals surface area contributed by atoms with Gasteiger partial charge in [-0.15, -0.1) is 0 Å². The van der Waals surface area contributed by atoms with Gasteiger partial charge in [0.05, 0.1) is 10.2 Å². The number of fused-ring (bicyclic) bond motifs is 1. The molecular formula is C17H19N3S. The summed E-state index contributed by atoms with van der Waals surface area (Å²) in [5.74, 6) is 0. The van der Waals surface area contributed by atoms with Crippen LogP contribution in [0.15, 0.2) is 48.5 Å². The van der Waals surface area contributed by atoms with Crippen molar-refractivity contribution in [1.29, 1.82) is 0 Å². The van der Waals surface area contributed by atoms with Crippen LogP contribution in [0.2, 0.25) is 0 Å². The molecule has 0 aliphatic carbocycles. The van der Waals surface area contributed by atoms with Crippen molar-refractivity contribution in [1.82, 2.24) is 4.98 Å². The second kappa shape index (κ2) is 6.14. The smallest absolute Gasteiger partial charge is 0.190 e. The van der Waals surface area contributed by atoms with Crippen molar-refractivity contribution in [2.45, 2.75) is 19.8 Å². The van der Waals surface area contributed by atoms with Crippen molar-refractivity contribution in [3.05, 3.63) is 48.5 Å². The maximum atomic E-state index is 5.87. The van der Waals surface area contributed by atoms with Crippen molar-refractivity contribution in [3.8, 4) is 0 Å². The number of hydrogen-bond donors (Lipinski definition) is 1. The van der Waals surface area contributed by atoms with Crippen molar-refractivity contribution < 1.29 is 0 Å². The Morgan fingerprint density at radius 2 is 1.95 bits per heavy atom. The summed E-state index contributed by atoms with van der Waals surface area (Å²) >= 11 is 1.70. The Morgan fingerprint density at radius 3 is 2.71 bits per heavy atom. The molecule has 108 valence electrons. The minimum Gasteiger partial charge on any atom is -0.399 e. The van der Waals surface area contributed by atoms with Crippen molar-refractivity contribution >= 4 is 38.1 Å². The maximum absolute atomic E-state index is 5.87. The first kappa shape index (κ1) is 13.9. The summed E-state index contributed by atoms with van der Waals surface area (Å²) in [5.41, 5.74) is 8.86. The van der Waals surface area contributed by atoms with Gasteiger partial charge < -0.3 is 10.6 Å². The summed E-state index contributed by atoms with van der Waals surface area (Å²) in [7, 11) is 0. The Kier molecular flexibility index (Phi) is 4.06. The molecule has 3 aromatic rings. The molecule has 0 aliphatic heterocycles. The van der Waals surface area contributed by atoms with E-state index in [9.17, 15) is 0 Å². The van der Waals surface area contributed by atoms with E-state index in [0.717, 1.165) is 34.0 Å². The van der Waals surface area contributed by atoms with Crippen LogP contribution < -0.4 is 10.6 Å². The van der Waals surface area contributed by atoms with Crippen LogP contribution in [0.1, 0.15) is 19.8 Å². The SMILES string of the molecule is CCCCN(c1ccccc1)c1nc2ccc(N)cc2s1. The van der Waals surface area contributed by atoms with Crippen LogP contribution in [0.5, 0.6) is 0 Å². The van der Waals surface area contributed by atoms with Gasteiger partial charge >= 0.3 is 0 Å². The summed E-state index contributed by atoms with van der Waals surface area (Å²) in [6, 6.07) is 16.4. The van der Waals surface area contributed by atoms with Gasteiger partial charge in [0, 0.05) is 17.9 Å². The highest BCUT2D eigenvalue weighted by atomic mass is 32.1. The quantitative estimate of drug-likeness (QED) is 0.687. The Morgan fingerprint density at radius 1 is 1.14 bits per heavy atom. The molecular weight excluding hydrogens is 278 g/mol. The van der Waals surface area contributed by atoms with Gasteiger partial charge in [-0.05, 0) is 36.8 Å². The molecule has 0 fully saturated rings. The molecule has 2 N–H and O–H groups in total. The van der Waals surface area contributed by atoms with E-state index in [1.54, 1.807) is 11.3 Å². The number of aromatic nitrogens is 1. The lowest BCUT2D eigenvalue weighted by Crippen LogP contribution is -2.17. The highest BCUT2D eigenvalue weighted by Crippen LogP contribution is 2.34. The summed E-state index contributed by atoms with van der Waals surface area (Å²) in [6.45, 7) is 3.19. The second-order valence-electron chi connectivity index (χ2n) is 5.06. The monoisotopic (exact) mass is 297 g/mol. The van der Waals surface area contributed by atoms with Gasteiger partial charge in [-0.25, -0.2) is 4.98 Å². The van der Waals surface area contributed by atoms with Crippen LogP contribution in [-0.4, -0.2) is 11.5 Å². The number of thiazole rings is 1. The van der Waals surface area contributed by atoms with E-state index in [1.807, 2.05) is 24.3 Å². The third-order valence-corrected chi connectivity index (χ3v) is 4.48. The lowest BCUT2D eigenvalue weighted by molar-refractivity contribution is 0.784. The summed E-state index contributed by atoms with van der Waals surface area (Å²) in [4.78, 5) is 7.07. The van der Waals surface area contributed by atoms with Crippen molar-refractivity contribution in [2.24, 2.45) is 0 Å². The lowest BCUT2D eigenvalue weighted by atomic mass is 10.2. The maximum Gasteiger partial charge on any atom is 0.190 e. The molecule has 3 nitrogen and oxygen atoms in total. The topological polar surface area (TPSA) is 42.2 Å². The van der Waals surface area contributed by atoms with Crippen LogP contribution >= 0.6 is 11.3 Å². The normalized spacial score (nSPS) is 10.9.